The van der Waals surface area contributed by atoms with Crippen molar-refractivity contribution in [2.24, 2.45) is 10.7 Å². The van der Waals surface area contributed by atoms with Gasteiger partial charge in [0.25, 0.3) is 12.4 Å². The number of alkyl halides is 2. The molecule has 0 fully saturated rings. The molecule has 0 unspecified atom stereocenters. The van der Waals surface area contributed by atoms with Gasteiger partial charge in [-0.3, -0.25) is 14.6 Å². The van der Waals surface area contributed by atoms with Crippen LogP contribution >= 0.6 is 0 Å². The van der Waals surface area contributed by atoms with Crippen molar-refractivity contribution in [3.05, 3.63) is 64.7 Å². The molecule has 172 valence electrons. The van der Waals surface area contributed by atoms with Gasteiger partial charge in [-0.05, 0) is 24.6 Å². The van der Waals surface area contributed by atoms with Crippen molar-refractivity contribution in [1.29, 1.82) is 0 Å². The Labute approximate surface area is 178 Å². The molecule has 0 bridgehead atoms. The van der Waals surface area contributed by atoms with Crippen molar-refractivity contribution < 1.29 is 41.4 Å². The summed E-state index contributed by atoms with van der Waals surface area (Å²) in [5.74, 6) is -7.75. The molecule has 1 aliphatic rings. The molecule has 1 aromatic carbocycles. The second-order valence-electron chi connectivity index (χ2n) is 6.88. The fraction of sp³-hybridized carbons (Fsp3) is 0.300. The lowest BCUT2D eigenvalue weighted by molar-refractivity contribution is -0.122. The van der Waals surface area contributed by atoms with Crippen molar-refractivity contribution in [3.8, 4) is 0 Å². The van der Waals surface area contributed by atoms with Crippen LogP contribution in [0, 0.1) is 17.5 Å². The lowest BCUT2D eigenvalue weighted by Gasteiger charge is -2.33. The van der Waals surface area contributed by atoms with Crippen LogP contribution in [-0.2, 0) is 21.5 Å². The molecule has 3 N–H and O–H groups in total. The van der Waals surface area contributed by atoms with Crippen LogP contribution in [0.5, 0.6) is 0 Å². The van der Waals surface area contributed by atoms with Crippen LogP contribution in [-0.4, -0.2) is 47.3 Å². The minimum atomic E-state index is -3.60. The molecule has 7 nitrogen and oxygen atoms in total. The van der Waals surface area contributed by atoms with E-state index in [1.165, 1.54) is 6.07 Å². The SMILES string of the molecule is C[C@]1(c2cc(CC(=O)c3ncc(F)cc3F)ccc2F)N=C(N)COCC1(F)F.O=CO. The van der Waals surface area contributed by atoms with Gasteiger partial charge < -0.3 is 15.6 Å². The molecular weight excluding hydrogens is 441 g/mol. The van der Waals surface area contributed by atoms with Gasteiger partial charge in [-0.15, -0.1) is 0 Å². The zero-order valence-corrected chi connectivity index (χ0v) is 16.6. The summed E-state index contributed by atoms with van der Waals surface area (Å²) >= 11 is 0. The number of nitrogens with zero attached hydrogens (tertiary/aromatic N) is 2. The third-order valence-electron chi connectivity index (χ3n) is 4.60. The smallest absolute Gasteiger partial charge is 0.299 e. The summed E-state index contributed by atoms with van der Waals surface area (Å²) in [5.41, 5.74) is 2.21. The first-order valence-corrected chi connectivity index (χ1v) is 8.96. The molecule has 0 saturated heterocycles. The van der Waals surface area contributed by atoms with Crippen molar-refractivity contribution in [3.63, 3.8) is 0 Å². The number of amidine groups is 1. The number of carbonyl (C=O) groups excluding carboxylic acids is 1. The molecule has 32 heavy (non-hydrogen) atoms. The molecule has 12 heteroatoms. The van der Waals surface area contributed by atoms with Gasteiger partial charge in [0.2, 0.25) is 0 Å². The van der Waals surface area contributed by atoms with Gasteiger partial charge >= 0.3 is 0 Å². The molecule has 0 aliphatic carbocycles. The number of ether oxygens (including phenoxy) is 1. The van der Waals surface area contributed by atoms with Gasteiger partial charge in [-0.2, -0.15) is 0 Å². The minimum Gasteiger partial charge on any atom is -0.483 e. The van der Waals surface area contributed by atoms with Crippen LogP contribution in [0.25, 0.3) is 0 Å². The number of rotatable bonds is 4. The first-order valence-electron chi connectivity index (χ1n) is 8.96. The number of Topliss-reactive ketones (excluding diaryl/α,β-unsaturated/α-hetero) is 1. The molecule has 3 rings (SSSR count). The van der Waals surface area contributed by atoms with Gasteiger partial charge in [0.1, 0.15) is 36.4 Å². The molecule has 0 saturated carbocycles. The van der Waals surface area contributed by atoms with Crippen molar-refractivity contribution in [2.75, 3.05) is 13.2 Å². The molecular formula is C20H18F5N3O4. The second-order valence-corrected chi connectivity index (χ2v) is 6.88. The second kappa shape index (κ2) is 9.81. The number of hydrogen-bond acceptors (Lipinski definition) is 6. The molecule has 0 amide bonds. The number of benzene rings is 1. The van der Waals surface area contributed by atoms with Crippen LogP contribution in [0.15, 0.2) is 35.5 Å². The zero-order valence-electron chi connectivity index (χ0n) is 16.6. The predicted octanol–water partition coefficient (Wildman–Crippen LogP) is 2.86. The highest BCUT2D eigenvalue weighted by atomic mass is 19.3. The van der Waals surface area contributed by atoms with Crippen molar-refractivity contribution in [2.45, 2.75) is 24.8 Å². The van der Waals surface area contributed by atoms with Gasteiger partial charge in [-0.25, -0.2) is 26.9 Å². The Morgan fingerprint density at radius 2 is 1.91 bits per heavy atom. The molecule has 0 spiro atoms. The van der Waals surface area contributed by atoms with Gasteiger partial charge in [0, 0.05) is 18.1 Å². The van der Waals surface area contributed by atoms with Crippen LogP contribution in [0.1, 0.15) is 28.5 Å². The van der Waals surface area contributed by atoms with Crippen LogP contribution < -0.4 is 5.73 Å². The average molecular weight is 459 g/mol. The largest absolute Gasteiger partial charge is 0.483 e. The Morgan fingerprint density at radius 3 is 2.53 bits per heavy atom. The maximum Gasteiger partial charge on any atom is 0.299 e. The third-order valence-corrected chi connectivity index (χ3v) is 4.60. The Morgan fingerprint density at radius 1 is 1.25 bits per heavy atom. The number of aromatic nitrogens is 1. The molecule has 1 aliphatic heterocycles. The van der Waals surface area contributed by atoms with Gasteiger partial charge in [0.05, 0.1) is 6.20 Å². The molecule has 1 atom stereocenters. The maximum atomic E-state index is 14.7. The Bertz CT molecular complexity index is 1050. The van der Waals surface area contributed by atoms with E-state index in [9.17, 15) is 26.7 Å². The maximum absolute atomic E-state index is 14.7. The summed E-state index contributed by atoms with van der Waals surface area (Å²) in [7, 11) is 0. The summed E-state index contributed by atoms with van der Waals surface area (Å²) in [6, 6.07) is 3.65. The molecule has 0 radical (unpaired) electrons. The Kier molecular flexibility index (Phi) is 7.62. The fourth-order valence-electron chi connectivity index (χ4n) is 3.03. The van der Waals surface area contributed by atoms with E-state index < -0.39 is 59.0 Å². The van der Waals surface area contributed by atoms with E-state index in [1.54, 1.807) is 0 Å². The van der Waals surface area contributed by atoms with Crippen molar-refractivity contribution in [1.82, 2.24) is 4.98 Å². The highest BCUT2D eigenvalue weighted by molar-refractivity contribution is 5.96. The van der Waals surface area contributed by atoms with E-state index in [1.807, 2.05) is 0 Å². The van der Waals surface area contributed by atoms with Crippen LogP contribution in [0.3, 0.4) is 0 Å². The van der Waals surface area contributed by atoms with E-state index in [2.05, 4.69) is 9.98 Å². The highest BCUT2D eigenvalue weighted by Gasteiger charge is 2.54. The first kappa shape index (κ1) is 24.9. The van der Waals surface area contributed by atoms with Gasteiger partial charge in [-0.1, -0.05) is 6.07 Å². The highest BCUT2D eigenvalue weighted by Crippen LogP contribution is 2.43. The number of hydrogen-bond donors (Lipinski definition) is 2. The van der Waals surface area contributed by atoms with E-state index in [0.717, 1.165) is 19.1 Å². The standard InChI is InChI=1S/C19H16F5N3O2.CH2O2/c1-18(19(23,24)9-29-8-16(25)27-18)12-4-10(2-3-13(12)21)5-15(28)17-14(22)6-11(20)7-26-17;2-1-3/h2-4,6-7H,5,8-9H2,1H3,(H2,25,27);1H,(H,2,3)/t18-;/m1./s1. The van der Waals surface area contributed by atoms with Crippen molar-refractivity contribution >= 4 is 18.1 Å². The Hall–Kier alpha value is -3.41. The summed E-state index contributed by atoms with van der Waals surface area (Å²) in [6.07, 6.45) is 0.206. The van der Waals surface area contributed by atoms with E-state index in [-0.39, 0.29) is 24.5 Å². The topological polar surface area (TPSA) is 115 Å². The van der Waals surface area contributed by atoms with Crippen LogP contribution in [0.2, 0.25) is 0 Å². The van der Waals surface area contributed by atoms with Crippen LogP contribution in [0.4, 0.5) is 22.0 Å². The zero-order chi connectivity index (χ0) is 24.1. The molecule has 1 aromatic heterocycles. The number of carboxylic acid groups (broad SMARTS) is 1. The van der Waals surface area contributed by atoms with E-state index >= 15 is 0 Å². The normalized spacial score (nSPS) is 19.8. The predicted molar refractivity (Wildman–Crippen MR) is 102 cm³/mol. The third kappa shape index (κ3) is 5.25. The summed E-state index contributed by atoms with van der Waals surface area (Å²) in [6.45, 7) is -0.596. The summed E-state index contributed by atoms with van der Waals surface area (Å²) < 4.78 is 75.4. The number of pyridine rings is 1. The number of ketones is 1. The monoisotopic (exact) mass is 459 g/mol. The first-order chi connectivity index (χ1) is 14.9. The fourth-order valence-corrected chi connectivity index (χ4v) is 3.03. The molecule has 2 heterocycles. The summed E-state index contributed by atoms with van der Waals surface area (Å²) in [5, 5.41) is 6.89. The van der Waals surface area contributed by atoms with E-state index in [4.69, 9.17) is 20.4 Å². The number of halogens is 5. The van der Waals surface area contributed by atoms with Gasteiger partial charge in [0.15, 0.2) is 17.1 Å². The number of nitrogens with two attached hydrogens (primary N) is 1. The Balaban J connectivity index is 0.00000114. The quantitative estimate of drug-likeness (QED) is 0.413. The minimum absolute atomic E-state index is 0.118. The molecule has 2 aromatic rings. The average Bonchev–Trinajstić information content (AvgIpc) is 2.79. The van der Waals surface area contributed by atoms with E-state index in [0.29, 0.717) is 12.3 Å². The number of aliphatic imine (C=N–C) groups is 1. The number of carbonyl (C=O) groups is 2. The lowest BCUT2D eigenvalue weighted by atomic mass is 9.84. The lowest BCUT2D eigenvalue weighted by Crippen LogP contribution is -2.45. The summed E-state index contributed by atoms with van der Waals surface area (Å²) in [4.78, 5) is 27.8.